The third kappa shape index (κ3) is 2.93. The highest BCUT2D eigenvalue weighted by Crippen LogP contribution is 2.28. The molecule has 0 aliphatic heterocycles. The lowest BCUT2D eigenvalue weighted by atomic mass is 10.00. The Bertz CT molecular complexity index is 844. The molecule has 0 fully saturated rings. The molecule has 0 saturated carbocycles. The lowest BCUT2D eigenvalue weighted by Crippen LogP contribution is -1.96. The molecule has 0 bridgehead atoms. The number of rotatable bonds is 0. The summed E-state index contributed by atoms with van der Waals surface area (Å²) < 4.78 is 0. The van der Waals surface area contributed by atoms with Gasteiger partial charge in [-0.2, -0.15) is 0 Å². The molecule has 2 nitrogen and oxygen atoms in total. The van der Waals surface area contributed by atoms with Gasteiger partial charge in [-0.05, 0) is 74.4 Å². The van der Waals surface area contributed by atoms with Gasteiger partial charge >= 0.3 is 0 Å². The summed E-state index contributed by atoms with van der Waals surface area (Å²) in [5, 5.41) is 0. The molecule has 0 unspecified atom stereocenters. The zero-order valence-electron chi connectivity index (χ0n) is 15.0. The fourth-order valence-corrected chi connectivity index (χ4v) is 3.89. The number of fused-ring (bicyclic) bond motifs is 2. The lowest BCUT2D eigenvalue weighted by molar-refractivity contribution is 0.0986. The Kier molecular flexibility index (Phi) is 4.40. The quantitative estimate of drug-likeness (QED) is 0.694. The first-order valence-electron chi connectivity index (χ1n) is 8.64. The molecule has 2 aromatic rings. The zero-order chi connectivity index (χ0) is 17.4. The first kappa shape index (κ1) is 16.6. The molecule has 124 valence electrons. The summed E-state index contributed by atoms with van der Waals surface area (Å²) in [5.74, 6) is 0.642. The molecule has 0 spiro atoms. The molecule has 2 aromatic carbocycles. The second kappa shape index (κ2) is 6.35. The molecular formula is C22H24O2. The Morgan fingerprint density at radius 1 is 0.667 bits per heavy atom. The Hall–Kier alpha value is -2.22. The minimum atomic E-state index is 0.316. The second-order valence-corrected chi connectivity index (χ2v) is 7.01. The molecule has 2 heteroatoms. The van der Waals surface area contributed by atoms with Crippen molar-refractivity contribution in [3.05, 3.63) is 68.8 Å². The van der Waals surface area contributed by atoms with Gasteiger partial charge < -0.3 is 0 Å². The van der Waals surface area contributed by atoms with Gasteiger partial charge in [0, 0.05) is 24.0 Å². The minimum Gasteiger partial charge on any atom is -0.294 e. The van der Waals surface area contributed by atoms with Crippen LogP contribution in [0.15, 0.2) is 24.3 Å². The minimum absolute atomic E-state index is 0.316. The number of carbonyl (C=O) groups is 2. The van der Waals surface area contributed by atoms with E-state index < -0.39 is 0 Å². The van der Waals surface area contributed by atoms with E-state index in [1.165, 1.54) is 27.8 Å². The molecule has 0 radical (unpaired) electrons. The van der Waals surface area contributed by atoms with Gasteiger partial charge in [-0.1, -0.05) is 23.8 Å². The number of carbonyl (C=O) groups excluding carboxylic acids is 2. The first-order chi connectivity index (χ1) is 11.4. The standard InChI is InChI=1S/2C11H12O/c1-7-5-8(2)9-3-4-11(12)10(9)6-7;1-7-3-4-8(2)11-9(7)5-6-10(11)12/h5-6H,3-4H2,1-2H3;3-4H,5-6H2,1-2H3. The highest BCUT2D eigenvalue weighted by atomic mass is 16.1. The molecule has 2 aliphatic carbocycles. The van der Waals surface area contributed by atoms with Crippen molar-refractivity contribution in [2.24, 2.45) is 0 Å². The molecule has 4 rings (SSSR count). The number of hydrogen-bond donors (Lipinski definition) is 0. The van der Waals surface area contributed by atoms with Crippen molar-refractivity contribution in [2.75, 3.05) is 0 Å². The largest absolute Gasteiger partial charge is 0.294 e. The number of aryl methyl sites for hydroxylation is 4. The fraction of sp³-hybridized carbons (Fsp3) is 0.364. The predicted molar refractivity (Wildman–Crippen MR) is 97.1 cm³/mol. The van der Waals surface area contributed by atoms with Crippen molar-refractivity contribution < 1.29 is 9.59 Å². The van der Waals surface area contributed by atoms with Gasteiger partial charge in [-0.25, -0.2) is 0 Å². The number of Topliss-reactive ketones (excluding diaryl/α,β-unsaturated/α-hetero) is 2. The third-order valence-electron chi connectivity index (χ3n) is 5.16. The molecule has 0 aromatic heterocycles. The Labute approximate surface area is 143 Å². The van der Waals surface area contributed by atoms with Crippen LogP contribution in [0.5, 0.6) is 0 Å². The van der Waals surface area contributed by atoms with Crippen LogP contribution < -0.4 is 0 Å². The fourth-order valence-electron chi connectivity index (χ4n) is 3.89. The molecule has 0 atom stereocenters. The maximum absolute atomic E-state index is 11.4. The van der Waals surface area contributed by atoms with Gasteiger partial charge in [0.05, 0.1) is 0 Å². The Morgan fingerprint density at radius 2 is 1.29 bits per heavy atom. The Morgan fingerprint density at radius 3 is 2.00 bits per heavy atom. The van der Waals surface area contributed by atoms with Crippen LogP contribution in [0.2, 0.25) is 0 Å². The lowest BCUT2D eigenvalue weighted by Gasteiger charge is -2.04. The summed E-state index contributed by atoms with van der Waals surface area (Å²) in [6.45, 7) is 8.22. The highest BCUT2D eigenvalue weighted by molar-refractivity contribution is 6.02. The molecule has 0 amide bonds. The van der Waals surface area contributed by atoms with E-state index in [1.54, 1.807) is 0 Å². The summed E-state index contributed by atoms with van der Waals surface area (Å²) in [5.41, 5.74) is 9.38. The van der Waals surface area contributed by atoms with Crippen LogP contribution in [0.1, 0.15) is 66.9 Å². The van der Waals surface area contributed by atoms with Crippen molar-refractivity contribution in [2.45, 2.75) is 53.4 Å². The van der Waals surface area contributed by atoms with Crippen LogP contribution in [0.4, 0.5) is 0 Å². The molecule has 2 aliphatic rings. The monoisotopic (exact) mass is 320 g/mol. The van der Waals surface area contributed by atoms with Crippen molar-refractivity contribution >= 4 is 11.6 Å². The topological polar surface area (TPSA) is 34.1 Å². The van der Waals surface area contributed by atoms with Crippen LogP contribution in [0.3, 0.4) is 0 Å². The molecule has 0 N–H and O–H groups in total. The van der Waals surface area contributed by atoms with Gasteiger partial charge in [-0.3, -0.25) is 9.59 Å². The molecule has 0 heterocycles. The summed E-state index contributed by atoms with van der Waals surface area (Å²) in [4.78, 5) is 22.8. The SMILES string of the molecule is Cc1cc(C)c2c(c1)C(=O)CC2.Cc1ccc(C)c2c1CCC2=O. The smallest absolute Gasteiger partial charge is 0.163 e. The van der Waals surface area contributed by atoms with Crippen molar-refractivity contribution in [1.29, 1.82) is 0 Å². The van der Waals surface area contributed by atoms with Gasteiger partial charge in [-0.15, -0.1) is 0 Å². The van der Waals surface area contributed by atoms with Crippen LogP contribution in [0.25, 0.3) is 0 Å². The molecular weight excluding hydrogens is 296 g/mol. The average molecular weight is 320 g/mol. The second-order valence-electron chi connectivity index (χ2n) is 7.01. The van der Waals surface area contributed by atoms with E-state index in [9.17, 15) is 9.59 Å². The first-order valence-corrected chi connectivity index (χ1v) is 8.64. The van der Waals surface area contributed by atoms with Crippen LogP contribution in [-0.2, 0) is 12.8 Å². The van der Waals surface area contributed by atoms with E-state index >= 15 is 0 Å². The predicted octanol–water partition coefficient (Wildman–Crippen LogP) is 4.86. The Balaban J connectivity index is 0.000000141. The van der Waals surface area contributed by atoms with E-state index in [0.29, 0.717) is 24.4 Å². The average Bonchev–Trinajstić information content (AvgIpc) is 3.09. The normalized spacial score (nSPS) is 15.0. The number of benzene rings is 2. The van der Waals surface area contributed by atoms with Gasteiger partial charge in [0.2, 0.25) is 0 Å². The zero-order valence-corrected chi connectivity index (χ0v) is 15.0. The number of ketones is 2. The van der Waals surface area contributed by atoms with Crippen LogP contribution in [0, 0.1) is 27.7 Å². The van der Waals surface area contributed by atoms with Gasteiger partial charge in [0.1, 0.15) is 0 Å². The molecule has 0 saturated heterocycles. The van der Waals surface area contributed by atoms with E-state index in [0.717, 1.165) is 29.5 Å². The van der Waals surface area contributed by atoms with Crippen molar-refractivity contribution in [1.82, 2.24) is 0 Å². The maximum Gasteiger partial charge on any atom is 0.163 e. The van der Waals surface area contributed by atoms with Gasteiger partial charge in [0.25, 0.3) is 0 Å². The summed E-state index contributed by atoms with van der Waals surface area (Å²) in [6, 6.07) is 8.30. The van der Waals surface area contributed by atoms with E-state index in [-0.39, 0.29) is 0 Å². The maximum atomic E-state index is 11.4. The summed E-state index contributed by atoms with van der Waals surface area (Å²) in [7, 11) is 0. The third-order valence-corrected chi connectivity index (χ3v) is 5.16. The molecule has 24 heavy (non-hydrogen) atoms. The number of hydrogen-bond acceptors (Lipinski definition) is 2. The van der Waals surface area contributed by atoms with Gasteiger partial charge in [0.15, 0.2) is 11.6 Å². The van der Waals surface area contributed by atoms with Crippen LogP contribution >= 0.6 is 0 Å². The summed E-state index contributed by atoms with van der Waals surface area (Å²) in [6.07, 6.45) is 3.31. The van der Waals surface area contributed by atoms with Crippen LogP contribution in [-0.4, -0.2) is 11.6 Å². The van der Waals surface area contributed by atoms with E-state index in [1.807, 2.05) is 26.0 Å². The van der Waals surface area contributed by atoms with E-state index in [4.69, 9.17) is 0 Å². The van der Waals surface area contributed by atoms with Crippen molar-refractivity contribution in [3.63, 3.8) is 0 Å². The van der Waals surface area contributed by atoms with Crippen molar-refractivity contribution in [3.8, 4) is 0 Å². The summed E-state index contributed by atoms with van der Waals surface area (Å²) >= 11 is 0. The highest BCUT2D eigenvalue weighted by Gasteiger charge is 2.22. The van der Waals surface area contributed by atoms with E-state index in [2.05, 4.69) is 26.0 Å².